The van der Waals surface area contributed by atoms with Gasteiger partial charge in [-0.2, -0.15) is 4.39 Å². The standard InChI is InChI=1S/C5H2Br2FN/c6-3-1-2-4(8)9-5(3)7/h1-2H. The Morgan fingerprint density at radius 3 is 2.44 bits per heavy atom. The van der Waals surface area contributed by atoms with Crippen LogP contribution in [-0.2, 0) is 0 Å². The Morgan fingerprint density at radius 1 is 1.33 bits per heavy atom. The summed E-state index contributed by atoms with van der Waals surface area (Å²) >= 11 is 6.20. The highest BCUT2D eigenvalue weighted by Crippen LogP contribution is 2.19. The van der Waals surface area contributed by atoms with Crippen LogP contribution in [0.25, 0.3) is 0 Å². The Balaban J connectivity index is 3.17. The fourth-order valence-corrected chi connectivity index (χ4v) is 0.918. The third-order valence-corrected chi connectivity index (χ3v) is 2.55. The van der Waals surface area contributed by atoms with Crippen molar-refractivity contribution in [1.82, 2.24) is 4.98 Å². The lowest BCUT2D eigenvalue weighted by atomic mass is 10.5. The van der Waals surface area contributed by atoms with E-state index in [4.69, 9.17) is 0 Å². The smallest absolute Gasteiger partial charge is 0.211 e. The van der Waals surface area contributed by atoms with Crippen LogP contribution >= 0.6 is 31.9 Å². The van der Waals surface area contributed by atoms with E-state index in [1.807, 2.05) is 0 Å². The van der Waals surface area contributed by atoms with Gasteiger partial charge in [0.25, 0.3) is 0 Å². The number of halogens is 3. The summed E-state index contributed by atoms with van der Waals surface area (Å²) in [4.78, 5) is 3.48. The number of pyridine rings is 1. The predicted molar refractivity (Wildman–Crippen MR) is 39.6 cm³/mol. The van der Waals surface area contributed by atoms with Crippen molar-refractivity contribution in [2.24, 2.45) is 0 Å². The van der Waals surface area contributed by atoms with E-state index in [0.29, 0.717) is 4.60 Å². The van der Waals surface area contributed by atoms with Crippen LogP contribution in [0.1, 0.15) is 0 Å². The van der Waals surface area contributed by atoms with E-state index in [2.05, 4.69) is 36.8 Å². The van der Waals surface area contributed by atoms with Gasteiger partial charge in [-0.3, -0.25) is 0 Å². The average molecular weight is 255 g/mol. The molecule has 0 aliphatic heterocycles. The van der Waals surface area contributed by atoms with Crippen molar-refractivity contribution in [2.75, 3.05) is 0 Å². The molecular formula is C5H2Br2FN. The van der Waals surface area contributed by atoms with Gasteiger partial charge in [0.05, 0.1) is 4.47 Å². The Morgan fingerprint density at radius 2 is 2.00 bits per heavy atom. The zero-order valence-electron chi connectivity index (χ0n) is 4.24. The molecule has 48 valence electrons. The van der Waals surface area contributed by atoms with Crippen molar-refractivity contribution in [2.45, 2.75) is 0 Å². The third-order valence-electron chi connectivity index (χ3n) is 0.769. The van der Waals surface area contributed by atoms with Crippen LogP contribution in [0.2, 0.25) is 0 Å². The monoisotopic (exact) mass is 253 g/mol. The maximum Gasteiger partial charge on any atom is 0.213 e. The van der Waals surface area contributed by atoms with Crippen molar-refractivity contribution in [1.29, 1.82) is 0 Å². The van der Waals surface area contributed by atoms with Gasteiger partial charge in [-0.1, -0.05) is 0 Å². The van der Waals surface area contributed by atoms with Crippen LogP contribution in [0.3, 0.4) is 0 Å². The van der Waals surface area contributed by atoms with Crippen LogP contribution in [0.15, 0.2) is 21.2 Å². The first-order valence-corrected chi connectivity index (χ1v) is 3.76. The molecule has 1 aromatic heterocycles. The van der Waals surface area contributed by atoms with Crippen molar-refractivity contribution >= 4 is 31.9 Å². The molecule has 1 aromatic rings. The highest BCUT2D eigenvalue weighted by molar-refractivity contribution is 9.13. The fourth-order valence-electron chi connectivity index (χ4n) is 0.395. The fraction of sp³-hybridized carbons (Fsp3) is 0. The normalized spacial score (nSPS) is 9.67. The number of hydrogen-bond donors (Lipinski definition) is 0. The quantitative estimate of drug-likeness (QED) is 0.649. The summed E-state index contributed by atoms with van der Waals surface area (Å²) in [6, 6.07) is 2.88. The Labute approximate surface area is 68.6 Å². The minimum absolute atomic E-state index is 0.481. The first-order chi connectivity index (χ1) is 4.20. The van der Waals surface area contributed by atoms with Gasteiger partial charge in [0, 0.05) is 0 Å². The highest BCUT2D eigenvalue weighted by atomic mass is 79.9. The van der Waals surface area contributed by atoms with Crippen LogP contribution in [0.5, 0.6) is 0 Å². The summed E-state index contributed by atoms with van der Waals surface area (Å²) in [5.74, 6) is -0.481. The molecule has 1 nitrogen and oxygen atoms in total. The van der Waals surface area contributed by atoms with E-state index in [0.717, 1.165) is 4.47 Å². The van der Waals surface area contributed by atoms with E-state index < -0.39 is 5.95 Å². The van der Waals surface area contributed by atoms with Crippen LogP contribution in [0.4, 0.5) is 4.39 Å². The Bertz CT molecular complexity index is 226. The molecule has 0 saturated carbocycles. The van der Waals surface area contributed by atoms with Crippen LogP contribution < -0.4 is 0 Å². The lowest BCUT2D eigenvalue weighted by Crippen LogP contribution is -1.81. The second-order valence-corrected chi connectivity index (χ2v) is 3.01. The van der Waals surface area contributed by atoms with Gasteiger partial charge in [-0.05, 0) is 44.0 Å². The summed E-state index contributed by atoms with van der Waals surface area (Å²) in [5.41, 5.74) is 0. The number of rotatable bonds is 0. The second-order valence-electron chi connectivity index (χ2n) is 1.41. The first kappa shape index (κ1) is 7.15. The van der Waals surface area contributed by atoms with Crippen molar-refractivity contribution in [3.05, 3.63) is 27.2 Å². The number of hydrogen-bond acceptors (Lipinski definition) is 1. The second kappa shape index (κ2) is 2.75. The molecule has 4 heteroatoms. The maximum atomic E-state index is 12.2. The molecule has 1 rings (SSSR count). The third kappa shape index (κ3) is 1.72. The highest BCUT2D eigenvalue weighted by Gasteiger charge is 1.96. The van der Waals surface area contributed by atoms with Crippen molar-refractivity contribution in [3.63, 3.8) is 0 Å². The molecule has 0 atom stereocenters. The molecular weight excluding hydrogens is 253 g/mol. The minimum atomic E-state index is -0.481. The Hall–Kier alpha value is 0.0400. The summed E-state index contributed by atoms with van der Waals surface area (Å²) in [7, 11) is 0. The SMILES string of the molecule is Fc1ccc(Br)c(Br)n1. The molecule has 0 unspecified atom stereocenters. The molecule has 0 bridgehead atoms. The van der Waals surface area contributed by atoms with E-state index in [-0.39, 0.29) is 0 Å². The molecule has 0 radical (unpaired) electrons. The molecule has 0 fully saturated rings. The molecule has 0 N–H and O–H groups in total. The van der Waals surface area contributed by atoms with Gasteiger partial charge in [0.15, 0.2) is 0 Å². The topological polar surface area (TPSA) is 12.9 Å². The summed E-state index contributed by atoms with van der Waals surface area (Å²) in [6.07, 6.45) is 0. The molecule has 0 aliphatic carbocycles. The summed E-state index contributed by atoms with van der Waals surface area (Å²) in [6.45, 7) is 0. The van der Waals surface area contributed by atoms with E-state index in [9.17, 15) is 4.39 Å². The Kier molecular flexibility index (Phi) is 2.18. The van der Waals surface area contributed by atoms with Gasteiger partial charge in [-0.15, -0.1) is 0 Å². The lowest BCUT2D eigenvalue weighted by Gasteiger charge is -1.91. The minimum Gasteiger partial charge on any atom is -0.211 e. The summed E-state index contributed by atoms with van der Waals surface area (Å²) < 4.78 is 13.4. The molecule has 0 aromatic carbocycles. The summed E-state index contributed by atoms with van der Waals surface area (Å²) in [5, 5.41) is 0. The van der Waals surface area contributed by atoms with Gasteiger partial charge >= 0.3 is 0 Å². The van der Waals surface area contributed by atoms with Gasteiger partial charge < -0.3 is 0 Å². The van der Waals surface area contributed by atoms with Crippen molar-refractivity contribution in [3.8, 4) is 0 Å². The van der Waals surface area contributed by atoms with Crippen LogP contribution in [-0.4, -0.2) is 4.98 Å². The molecule has 0 amide bonds. The van der Waals surface area contributed by atoms with Crippen LogP contribution in [0, 0.1) is 5.95 Å². The predicted octanol–water partition coefficient (Wildman–Crippen LogP) is 2.75. The molecule has 0 saturated heterocycles. The molecule has 0 aliphatic rings. The molecule has 0 spiro atoms. The molecule has 1 heterocycles. The maximum absolute atomic E-state index is 12.2. The lowest BCUT2D eigenvalue weighted by molar-refractivity contribution is 0.580. The van der Waals surface area contributed by atoms with Gasteiger partial charge in [-0.25, -0.2) is 4.98 Å². The van der Waals surface area contributed by atoms with E-state index in [1.165, 1.54) is 6.07 Å². The molecule has 9 heavy (non-hydrogen) atoms. The average Bonchev–Trinajstić information content (AvgIpc) is 1.80. The van der Waals surface area contributed by atoms with Gasteiger partial charge in [0.2, 0.25) is 5.95 Å². The van der Waals surface area contributed by atoms with Crippen molar-refractivity contribution < 1.29 is 4.39 Å². The zero-order chi connectivity index (χ0) is 6.85. The largest absolute Gasteiger partial charge is 0.213 e. The first-order valence-electron chi connectivity index (χ1n) is 2.17. The van der Waals surface area contributed by atoms with E-state index >= 15 is 0 Å². The number of nitrogens with zero attached hydrogens (tertiary/aromatic N) is 1. The van der Waals surface area contributed by atoms with Gasteiger partial charge in [0.1, 0.15) is 4.60 Å². The zero-order valence-corrected chi connectivity index (χ0v) is 7.41. The van der Waals surface area contributed by atoms with E-state index in [1.54, 1.807) is 6.07 Å². The number of aromatic nitrogens is 1.